The summed E-state index contributed by atoms with van der Waals surface area (Å²) < 4.78 is 51.3. The number of esters is 1. The van der Waals surface area contributed by atoms with E-state index in [0.717, 1.165) is 6.08 Å². The van der Waals surface area contributed by atoms with Crippen LogP contribution in [-0.2, 0) is 44.4 Å². The molecule has 2 aromatic carbocycles. The number of aromatic hydroxyl groups is 2. The zero-order chi connectivity index (χ0) is 40.7. The Labute approximate surface area is 320 Å². The summed E-state index contributed by atoms with van der Waals surface area (Å²) in [7, 11) is 2.73. The average Bonchev–Trinajstić information content (AvgIpc) is 3.19. The van der Waals surface area contributed by atoms with Crippen LogP contribution in [0.25, 0.3) is 6.08 Å². The molecule has 5 rings (SSSR count). The topological polar surface area (TPSA) is 302 Å². The van der Waals surface area contributed by atoms with E-state index in [1.165, 1.54) is 50.6 Å². The van der Waals surface area contributed by atoms with E-state index in [0.29, 0.717) is 11.1 Å². The lowest BCUT2D eigenvalue weighted by atomic mass is 9.96. The van der Waals surface area contributed by atoms with Gasteiger partial charge in [-0.15, -0.1) is 0 Å². The zero-order valence-electron chi connectivity index (χ0n) is 30.3. The van der Waals surface area contributed by atoms with E-state index >= 15 is 0 Å². The van der Waals surface area contributed by atoms with Crippen molar-refractivity contribution in [3.05, 3.63) is 53.6 Å². The fourth-order valence-electron chi connectivity index (χ4n) is 6.31. The standard InChI is InChI=1S/C36H48O20/c1-48-21-7-4-17(11-19(21)40)9-10-50-36-33(56-34-29(46)26(43)20(41)15-51-34)32(55-35-30(47)28(45)27(44)23(13-37)52-35)31(24(14-38)53-36)54-25(42)8-5-16-3-6-18(39)22(12-16)49-2/h3-8,11-12,20,23-24,26-41,43-47H,9-10,13-15H2,1-2H3/b8-5+/t20-,23-,24-,26-,27-,28+,29+,30-,31-,32+,33-,34-,35+,36-/m1/s1. The van der Waals surface area contributed by atoms with Gasteiger partial charge in [0.05, 0.1) is 40.6 Å². The molecular weight excluding hydrogens is 752 g/mol. The zero-order valence-corrected chi connectivity index (χ0v) is 30.3. The normalized spacial score (nSPS) is 35.0. The van der Waals surface area contributed by atoms with E-state index < -0.39 is 112 Å². The molecule has 20 heteroatoms. The molecule has 0 unspecified atom stereocenters. The largest absolute Gasteiger partial charge is 0.504 e. The Morgan fingerprint density at radius 1 is 0.732 bits per heavy atom. The molecule has 3 aliphatic heterocycles. The lowest BCUT2D eigenvalue weighted by Gasteiger charge is -2.49. The number of phenolic OH excluding ortho intramolecular Hbond substituents is 2. The average molecular weight is 801 g/mol. The van der Waals surface area contributed by atoms with Crippen LogP contribution < -0.4 is 9.47 Å². The second-order valence-corrected chi connectivity index (χ2v) is 13.2. The third-order valence-corrected chi connectivity index (χ3v) is 9.44. The van der Waals surface area contributed by atoms with Crippen LogP contribution in [0.5, 0.6) is 23.0 Å². The van der Waals surface area contributed by atoms with Crippen LogP contribution in [0.4, 0.5) is 0 Å². The van der Waals surface area contributed by atoms with Crippen LogP contribution in [0, 0.1) is 0 Å². The Morgan fingerprint density at radius 2 is 1.41 bits per heavy atom. The number of carbonyl (C=O) groups excluding carboxylic acids is 1. The summed E-state index contributed by atoms with van der Waals surface area (Å²) in [6.07, 6.45) is -21.4. The van der Waals surface area contributed by atoms with Crippen LogP contribution in [0.2, 0.25) is 0 Å². The molecule has 312 valence electrons. The molecule has 0 spiro atoms. The number of aliphatic hydroxyl groups excluding tert-OH is 8. The van der Waals surface area contributed by atoms with Gasteiger partial charge in [-0.05, 0) is 47.9 Å². The van der Waals surface area contributed by atoms with Crippen molar-refractivity contribution in [2.45, 2.75) is 92.4 Å². The summed E-state index contributed by atoms with van der Waals surface area (Å²) >= 11 is 0. The molecule has 0 radical (unpaired) electrons. The first kappa shape index (κ1) is 43.4. The van der Waals surface area contributed by atoms with E-state index in [9.17, 15) is 55.9 Å². The lowest BCUT2D eigenvalue weighted by Crippen LogP contribution is -2.67. The SMILES string of the molecule is COc1ccc(CCO[C@@H]2O[C@H](CO)[C@@H](OC(=O)/C=C/c3ccc(O)c(OC)c3)[C@H](O[C@@H]3O[C@H](CO)[C@@H](O)[C@H](O)[C@H]3O)[C@H]2O[C@H]2OC[C@@H](O)[C@@H](O)[C@@H]2O)cc1O. The predicted octanol–water partition coefficient (Wildman–Crippen LogP) is -2.97. The van der Waals surface area contributed by atoms with Gasteiger partial charge < -0.3 is 93.7 Å². The Kier molecular flexibility index (Phi) is 15.2. The number of rotatable bonds is 15. The van der Waals surface area contributed by atoms with Crippen molar-refractivity contribution in [2.75, 3.05) is 40.6 Å². The molecule has 3 aliphatic rings. The van der Waals surface area contributed by atoms with Crippen LogP contribution in [0.15, 0.2) is 42.5 Å². The van der Waals surface area contributed by atoms with Crippen molar-refractivity contribution in [1.82, 2.24) is 0 Å². The Balaban J connectivity index is 1.49. The minimum atomic E-state index is -1.97. The van der Waals surface area contributed by atoms with Crippen molar-refractivity contribution in [3.8, 4) is 23.0 Å². The van der Waals surface area contributed by atoms with E-state index in [1.807, 2.05) is 0 Å². The molecule has 14 atom stereocenters. The third-order valence-electron chi connectivity index (χ3n) is 9.44. The fraction of sp³-hybridized carbons (Fsp3) is 0.583. The second kappa shape index (κ2) is 19.6. The number of phenols is 2. The molecule has 0 amide bonds. The molecule has 2 aromatic rings. The van der Waals surface area contributed by atoms with Gasteiger partial charge in [0.2, 0.25) is 0 Å². The van der Waals surface area contributed by atoms with Crippen molar-refractivity contribution in [3.63, 3.8) is 0 Å². The van der Waals surface area contributed by atoms with Crippen LogP contribution in [-0.4, -0.2) is 184 Å². The Bertz CT molecular complexity index is 1610. The smallest absolute Gasteiger partial charge is 0.331 e. The van der Waals surface area contributed by atoms with Crippen LogP contribution in [0.3, 0.4) is 0 Å². The van der Waals surface area contributed by atoms with Crippen LogP contribution >= 0.6 is 0 Å². The van der Waals surface area contributed by atoms with E-state index in [-0.39, 0.29) is 36.0 Å². The summed E-state index contributed by atoms with van der Waals surface area (Å²) in [5, 5.41) is 104. The first-order chi connectivity index (χ1) is 26.8. The lowest BCUT2D eigenvalue weighted by molar-refractivity contribution is -0.386. The Morgan fingerprint density at radius 3 is 2.09 bits per heavy atom. The monoisotopic (exact) mass is 800 g/mol. The summed E-state index contributed by atoms with van der Waals surface area (Å²) in [5.74, 6) is -0.967. The third kappa shape index (κ3) is 10.0. The molecule has 0 saturated carbocycles. The number of benzene rings is 2. The predicted molar refractivity (Wildman–Crippen MR) is 185 cm³/mol. The van der Waals surface area contributed by atoms with Gasteiger partial charge in [0.1, 0.15) is 61.0 Å². The number of carbonyl (C=O) groups is 1. The summed E-state index contributed by atoms with van der Waals surface area (Å²) in [6.45, 7) is -2.30. The van der Waals surface area contributed by atoms with Crippen molar-refractivity contribution in [1.29, 1.82) is 0 Å². The quantitative estimate of drug-likeness (QED) is 0.0635. The fourth-order valence-corrected chi connectivity index (χ4v) is 6.31. The van der Waals surface area contributed by atoms with Crippen molar-refractivity contribution < 1.29 is 98.5 Å². The van der Waals surface area contributed by atoms with Gasteiger partial charge >= 0.3 is 5.97 Å². The Hall–Kier alpha value is -3.71. The molecule has 20 nitrogen and oxygen atoms in total. The number of hydrogen-bond donors (Lipinski definition) is 10. The van der Waals surface area contributed by atoms with Gasteiger partial charge in [-0.1, -0.05) is 12.1 Å². The minimum absolute atomic E-state index is 0.120. The summed E-state index contributed by atoms with van der Waals surface area (Å²) in [5.41, 5.74) is 1.01. The molecule has 0 aliphatic carbocycles. The molecule has 10 N–H and O–H groups in total. The highest BCUT2D eigenvalue weighted by molar-refractivity contribution is 5.87. The number of hydrogen-bond acceptors (Lipinski definition) is 20. The number of aliphatic hydroxyl groups is 8. The molecule has 3 fully saturated rings. The van der Waals surface area contributed by atoms with Gasteiger partial charge in [0.25, 0.3) is 0 Å². The first-order valence-electron chi connectivity index (χ1n) is 17.6. The van der Waals surface area contributed by atoms with E-state index in [4.69, 9.17) is 42.6 Å². The van der Waals surface area contributed by atoms with Gasteiger partial charge in [0.15, 0.2) is 48.0 Å². The number of methoxy groups -OCH3 is 2. The van der Waals surface area contributed by atoms with E-state index in [1.54, 1.807) is 6.07 Å². The molecule has 56 heavy (non-hydrogen) atoms. The highest BCUT2D eigenvalue weighted by atomic mass is 16.8. The van der Waals surface area contributed by atoms with Crippen molar-refractivity contribution >= 4 is 12.0 Å². The molecule has 0 aromatic heterocycles. The minimum Gasteiger partial charge on any atom is -0.504 e. The summed E-state index contributed by atoms with van der Waals surface area (Å²) in [4.78, 5) is 13.4. The highest BCUT2D eigenvalue weighted by Crippen LogP contribution is 2.35. The van der Waals surface area contributed by atoms with Crippen LogP contribution in [0.1, 0.15) is 11.1 Å². The molecular formula is C36H48O20. The second-order valence-electron chi connectivity index (χ2n) is 13.2. The maximum Gasteiger partial charge on any atom is 0.331 e. The molecule has 0 bridgehead atoms. The van der Waals surface area contributed by atoms with Gasteiger partial charge in [0, 0.05) is 6.08 Å². The number of ether oxygens (including phenoxy) is 9. The van der Waals surface area contributed by atoms with E-state index in [2.05, 4.69) is 0 Å². The maximum atomic E-state index is 13.4. The maximum absolute atomic E-state index is 13.4. The first-order valence-corrected chi connectivity index (χ1v) is 17.6. The molecule has 3 heterocycles. The van der Waals surface area contributed by atoms with Crippen molar-refractivity contribution in [2.24, 2.45) is 0 Å². The van der Waals surface area contributed by atoms with Gasteiger partial charge in [-0.2, -0.15) is 0 Å². The van der Waals surface area contributed by atoms with Gasteiger partial charge in [-0.25, -0.2) is 4.79 Å². The molecule has 3 saturated heterocycles. The van der Waals surface area contributed by atoms with Gasteiger partial charge in [-0.3, -0.25) is 0 Å². The summed E-state index contributed by atoms with van der Waals surface area (Å²) in [6, 6.07) is 8.89. The highest BCUT2D eigenvalue weighted by Gasteiger charge is 2.55.